The highest BCUT2D eigenvalue weighted by molar-refractivity contribution is 7.80. The largest absolute Gasteiger partial charge is 0.388 e. The third kappa shape index (κ3) is 4.08. The van der Waals surface area contributed by atoms with E-state index in [2.05, 4.69) is 12.6 Å². The zero-order valence-corrected chi connectivity index (χ0v) is 11.3. The van der Waals surface area contributed by atoms with Crippen molar-refractivity contribution in [1.82, 2.24) is 0 Å². The molecular formula is C11H22O5S. The molecule has 0 saturated carbocycles. The number of hydrogen-bond acceptors (Lipinski definition) is 6. The van der Waals surface area contributed by atoms with E-state index >= 15 is 0 Å². The quantitative estimate of drug-likeness (QED) is 0.532. The smallest absolute Gasteiger partial charge is 0.186 e. The number of aliphatic hydroxyl groups excluding tert-OH is 3. The summed E-state index contributed by atoms with van der Waals surface area (Å²) in [5, 5.41) is 29.0. The molecule has 1 aliphatic rings. The second-order valence-electron chi connectivity index (χ2n) is 5.57. The van der Waals surface area contributed by atoms with Gasteiger partial charge in [-0.1, -0.05) is 20.8 Å². The number of ether oxygens (including phenoxy) is 2. The number of thiol groups is 1. The second-order valence-corrected chi connectivity index (χ2v) is 5.93. The first-order valence-electron chi connectivity index (χ1n) is 5.68. The molecule has 3 N–H and O–H groups in total. The van der Waals surface area contributed by atoms with Gasteiger partial charge in [0.05, 0.1) is 12.7 Å². The van der Waals surface area contributed by atoms with Crippen LogP contribution in [0, 0.1) is 5.41 Å². The van der Waals surface area contributed by atoms with Crippen LogP contribution in [0.1, 0.15) is 20.8 Å². The maximum Gasteiger partial charge on any atom is 0.186 e. The number of rotatable bonds is 3. The van der Waals surface area contributed by atoms with E-state index in [0.717, 1.165) is 0 Å². The Kier molecular flexibility index (Phi) is 5.24. The molecule has 6 heteroatoms. The zero-order valence-electron chi connectivity index (χ0n) is 10.4. The predicted molar refractivity (Wildman–Crippen MR) is 65.9 cm³/mol. The lowest BCUT2D eigenvalue weighted by Gasteiger charge is -2.40. The van der Waals surface area contributed by atoms with Crippen molar-refractivity contribution in [3.63, 3.8) is 0 Å². The summed E-state index contributed by atoms with van der Waals surface area (Å²) in [6, 6.07) is 0. The lowest BCUT2D eigenvalue weighted by molar-refractivity contribution is -0.296. The van der Waals surface area contributed by atoms with E-state index in [0.29, 0.717) is 6.61 Å². The Morgan fingerprint density at radius 2 is 1.71 bits per heavy atom. The Morgan fingerprint density at radius 1 is 1.12 bits per heavy atom. The minimum Gasteiger partial charge on any atom is -0.388 e. The Balaban J connectivity index is 2.59. The molecule has 1 aliphatic heterocycles. The van der Waals surface area contributed by atoms with Crippen molar-refractivity contribution < 1.29 is 24.8 Å². The van der Waals surface area contributed by atoms with E-state index in [1.54, 1.807) is 0 Å². The zero-order chi connectivity index (χ0) is 13.2. The molecule has 0 radical (unpaired) electrons. The summed E-state index contributed by atoms with van der Waals surface area (Å²) in [4.78, 5) is 0. The number of hydrogen-bond donors (Lipinski definition) is 4. The molecular weight excluding hydrogens is 244 g/mol. The molecule has 0 aliphatic carbocycles. The average molecular weight is 266 g/mol. The Bertz CT molecular complexity index is 241. The molecule has 0 bridgehead atoms. The summed E-state index contributed by atoms with van der Waals surface area (Å²) < 4.78 is 10.8. The minimum absolute atomic E-state index is 0.0689. The Hall–Kier alpha value is 0.150. The fraction of sp³-hybridized carbons (Fsp3) is 1.00. The van der Waals surface area contributed by atoms with Gasteiger partial charge in [-0.25, -0.2) is 0 Å². The van der Waals surface area contributed by atoms with Gasteiger partial charge in [0.1, 0.15) is 18.3 Å². The van der Waals surface area contributed by atoms with Crippen LogP contribution < -0.4 is 0 Å². The molecule has 5 unspecified atom stereocenters. The SMILES string of the molecule is CC(C)(C)COC1OC(CS)C(O)C(O)C1O. The fourth-order valence-electron chi connectivity index (χ4n) is 1.54. The molecule has 1 fully saturated rings. The fourth-order valence-corrected chi connectivity index (χ4v) is 1.84. The highest BCUT2D eigenvalue weighted by atomic mass is 32.1. The third-order valence-electron chi connectivity index (χ3n) is 2.53. The van der Waals surface area contributed by atoms with Gasteiger partial charge in [0.25, 0.3) is 0 Å². The number of aliphatic hydroxyl groups is 3. The normalized spacial score (nSPS) is 39.4. The van der Waals surface area contributed by atoms with Crippen molar-refractivity contribution in [3.05, 3.63) is 0 Å². The lowest BCUT2D eigenvalue weighted by atomic mass is 9.97. The Morgan fingerprint density at radius 3 is 2.18 bits per heavy atom. The van der Waals surface area contributed by atoms with Gasteiger partial charge in [0.2, 0.25) is 0 Å². The molecule has 0 aromatic rings. The molecule has 0 aromatic heterocycles. The summed E-state index contributed by atoms with van der Waals surface area (Å²) in [5.74, 6) is 0.250. The van der Waals surface area contributed by atoms with Crippen LogP contribution in [0.25, 0.3) is 0 Å². The molecule has 1 heterocycles. The van der Waals surface area contributed by atoms with Crippen molar-refractivity contribution >= 4 is 12.6 Å². The van der Waals surface area contributed by atoms with E-state index in [9.17, 15) is 15.3 Å². The van der Waals surface area contributed by atoms with Crippen LogP contribution in [0.2, 0.25) is 0 Å². The van der Waals surface area contributed by atoms with Crippen molar-refractivity contribution in [3.8, 4) is 0 Å². The highest BCUT2D eigenvalue weighted by Crippen LogP contribution is 2.24. The molecule has 1 saturated heterocycles. The van der Waals surface area contributed by atoms with E-state index in [-0.39, 0.29) is 11.2 Å². The van der Waals surface area contributed by atoms with Gasteiger partial charge in [-0.15, -0.1) is 0 Å². The summed E-state index contributed by atoms with van der Waals surface area (Å²) in [6.07, 6.45) is -5.22. The molecule has 0 spiro atoms. The van der Waals surface area contributed by atoms with Crippen LogP contribution >= 0.6 is 12.6 Å². The van der Waals surface area contributed by atoms with E-state index in [1.165, 1.54) is 0 Å². The standard InChI is InChI=1S/C11H22O5S/c1-11(2,3)5-15-10-9(14)8(13)7(12)6(4-17)16-10/h6-10,12-14,17H,4-5H2,1-3H3. The molecule has 1 rings (SSSR count). The predicted octanol–water partition coefficient (Wildman–Crippen LogP) is -0.214. The van der Waals surface area contributed by atoms with Gasteiger partial charge in [-0.2, -0.15) is 12.6 Å². The maximum absolute atomic E-state index is 9.73. The highest BCUT2D eigenvalue weighted by Gasteiger charge is 2.43. The van der Waals surface area contributed by atoms with E-state index in [1.807, 2.05) is 20.8 Å². The topological polar surface area (TPSA) is 79.2 Å². The van der Waals surface area contributed by atoms with Gasteiger partial charge >= 0.3 is 0 Å². The van der Waals surface area contributed by atoms with Gasteiger partial charge in [-0.3, -0.25) is 0 Å². The molecule has 5 nitrogen and oxygen atoms in total. The monoisotopic (exact) mass is 266 g/mol. The maximum atomic E-state index is 9.73. The summed E-state index contributed by atoms with van der Waals surface area (Å²) in [5.41, 5.74) is -0.0689. The van der Waals surface area contributed by atoms with E-state index in [4.69, 9.17) is 9.47 Å². The molecule has 17 heavy (non-hydrogen) atoms. The van der Waals surface area contributed by atoms with Crippen LogP contribution in [0.3, 0.4) is 0 Å². The van der Waals surface area contributed by atoms with Crippen molar-refractivity contribution in [2.75, 3.05) is 12.4 Å². The average Bonchev–Trinajstić information content (AvgIpc) is 2.24. The van der Waals surface area contributed by atoms with Crippen molar-refractivity contribution in [2.24, 2.45) is 5.41 Å². The van der Waals surface area contributed by atoms with Gasteiger partial charge in [0.15, 0.2) is 6.29 Å². The first kappa shape index (κ1) is 15.2. The molecule has 102 valence electrons. The van der Waals surface area contributed by atoms with Gasteiger partial charge < -0.3 is 24.8 Å². The van der Waals surface area contributed by atoms with Crippen LogP contribution in [0.4, 0.5) is 0 Å². The summed E-state index contributed by atoms with van der Waals surface area (Å²) >= 11 is 4.03. The first-order chi connectivity index (χ1) is 7.76. The molecule has 0 amide bonds. The molecule has 5 atom stereocenters. The van der Waals surface area contributed by atoms with Crippen molar-refractivity contribution in [1.29, 1.82) is 0 Å². The minimum atomic E-state index is -1.27. The van der Waals surface area contributed by atoms with Crippen LogP contribution in [-0.4, -0.2) is 58.4 Å². The first-order valence-corrected chi connectivity index (χ1v) is 6.31. The van der Waals surface area contributed by atoms with Gasteiger partial charge in [-0.05, 0) is 5.41 Å². The van der Waals surface area contributed by atoms with Crippen molar-refractivity contribution in [2.45, 2.75) is 51.5 Å². The van der Waals surface area contributed by atoms with Gasteiger partial charge in [0, 0.05) is 5.75 Å². The van der Waals surface area contributed by atoms with Crippen LogP contribution in [0.5, 0.6) is 0 Å². The second kappa shape index (κ2) is 5.86. The summed E-state index contributed by atoms with van der Waals surface area (Å²) in [6.45, 7) is 6.35. The van der Waals surface area contributed by atoms with Crippen LogP contribution in [-0.2, 0) is 9.47 Å². The van der Waals surface area contributed by atoms with E-state index < -0.39 is 30.7 Å². The molecule has 0 aromatic carbocycles. The van der Waals surface area contributed by atoms with Crippen LogP contribution in [0.15, 0.2) is 0 Å². The Labute approximate surface area is 107 Å². The lowest BCUT2D eigenvalue weighted by Crippen LogP contribution is -2.59. The summed E-state index contributed by atoms with van der Waals surface area (Å²) in [7, 11) is 0. The third-order valence-corrected chi connectivity index (χ3v) is 2.89.